The Morgan fingerprint density at radius 1 is 1.32 bits per heavy atom. The maximum Gasteiger partial charge on any atom is 0.410 e. The summed E-state index contributed by atoms with van der Waals surface area (Å²) in [5, 5.41) is 3.08. The molecule has 1 aliphatic rings. The van der Waals surface area contributed by atoms with Crippen molar-refractivity contribution < 1.29 is 13.7 Å². The molecule has 5 nitrogen and oxygen atoms in total. The van der Waals surface area contributed by atoms with E-state index in [0.29, 0.717) is 13.1 Å². The Labute approximate surface area is 173 Å². The lowest BCUT2D eigenvalue weighted by Gasteiger charge is -2.45. The van der Waals surface area contributed by atoms with Crippen molar-refractivity contribution in [1.29, 1.82) is 0 Å². The fourth-order valence-electron chi connectivity index (χ4n) is 2.48. The van der Waals surface area contributed by atoms with Gasteiger partial charge in [0.05, 0.1) is 12.6 Å². The van der Waals surface area contributed by atoms with E-state index in [-0.39, 0.29) is 23.6 Å². The number of hydrogen-bond donors (Lipinski definition) is 1. The van der Waals surface area contributed by atoms with Crippen LogP contribution in [0.15, 0.2) is 43.0 Å². The van der Waals surface area contributed by atoms with Gasteiger partial charge in [0.1, 0.15) is 6.61 Å². The molecule has 0 aromatic heterocycles. The number of amides is 1. The monoisotopic (exact) mass is 410 g/mol. The van der Waals surface area contributed by atoms with Gasteiger partial charge in [-0.1, -0.05) is 63.8 Å². The van der Waals surface area contributed by atoms with E-state index in [1.54, 1.807) is 11.0 Å². The number of nitrogens with one attached hydrogen (secondary N) is 1. The fourth-order valence-corrected chi connectivity index (χ4v) is 3.60. The molecular weight excluding hydrogens is 372 g/mol. The standard InChI is InChI=1S/C14H27NO3S.C8H11N/c1-7-10-17-13(16)15-9-8-12(11-15)18-19(5,6)14(2,3)4;1-9-7-8-5-3-2-4-6-8/h7,12H,1,8-11H2,2-6H3;2-6,9H,7H2,1H3/t12-;/m1./s1. The molecule has 0 aliphatic carbocycles. The Kier molecular flexibility index (Phi) is 10.1. The van der Waals surface area contributed by atoms with Crippen LogP contribution in [-0.4, -0.2) is 61.1 Å². The molecule has 1 saturated heterocycles. The van der Waals surface area contributed by atoms with E-state index in [1.165, 1.54) is 5.56 Å². The minimum Gasteiger partial charge on any atom is -0.445 e. The lowest BCUT2D eigenvalue weighted by atomic mass is 10.2. The van der Waals surface area contributed by atoms with Gasteiger partial charge in [0, 0.05) is 17.8 Å². The Hall–Kier alpha value is -1.50. The fraction of sp³-hybridized carbons (Fsp3) is 0.591. The van der Waals surface area contributed by atoms with E-state index in [4.69, 9.17) is 8.92 Å². The zero-order valence-electron chi connectivity index (χ0n) is 18.4. The third-order valence-electron chi connectivity index (χ3n) is 4.80. The molecule has 28 heavy (non-hydrogen) atoms. The van der Waals surface area contributed by atoms with Crippen LogP contribution < -0.4 is 5.32 Å². The number of benzene rings is 1. The van der Waals surface area contributed by atoms with E-state index >= 15 is 0 Å². The summed E-state index contributed by atoms with van der Waals surface area (Å²) < 4.78 is 11.4. The van der Waals surface area contributed by atoms with Crippen LogP contribution in [-0.2, 0) is 15.5 Å². The summed E-state index contributed by atoms with van der Waals surface area (Å²) in [7, 11) is 0.809. The highest BCUT2D eigenvalue weighted by atomic mass is 32.3. The van der Waals surface area contributed by atoms with Crippen LogP contribution in [0, 0.1) is 0 Å². The molecule has 1 heterocycles. The molecule has 1 fully saturated rings. The first-order valence-electron chi connectivity index (χ1n) is 9.73. The predicted octanol–water partition coefficient (Wildman–Crippen LogP) is 4.58. The van der Waals surface area contributed by atoms with Crippen LogP contribution in [0.2, 0.25) is 0 Å². The quantitative estimate of drug-likeness (QED) is 0.697. The molecule has 0 unspecified atom stereocenters. The third kappa shape index (κ3) is 8.25. The second kappa shape index (κ2) is 11.5. The molecule has 0 radical (unpaired) electrons. The Morgan fingerprint density at radius 2 is 1.96 bits per heavy atom. The molecule has 1 aromatic rings. The van der Waals surface area contributed by atoms with E-state index < -0.39 is 10.3 Å². The SMILES string of the molecule is C=CCOC(=O)N1CC[C@@H](OS(C)(C)C(C)(C)C)C1.CNCc1ccccc1. The lowest BCUT2D eigenvalue weighted by molar-refractivity contribution is 0.116. The number of ether oxygens (including phenoxy) is 1. The maximum absolute atomic E-state index is 11.7. The molecule has 1 aliphatic heterocycles. The van der Waals surface area contributed by atoms with E-state index in [1.807, 2.05) is 25.2 Å². The van der Waals surface area contributed by atoms with Crippen molar-refractivity contribution in [2.24, 2.45) is 0 Å². The molecule has 2 rings (SSSR count). The smallest absolute Gasteiger partial charge is 0.410 e. The van der Waals surface area contributed by atoms with Gasteiger partial charge < -0.3 is 19.1 Å². The molecule has 1 amide bonds. The molecule has 0 bridgehead atoms. The molecule has 0 spiro atoms. The van der Waals surface area contributed by atoms with Crippen molar-refractivity contribution in [1.82, 2.24) is 10.2 Å². The van der Waals surface area contributed by atoms with Gasteiger partial charge in [0.25, 0.3) is 0 Å². The first-order chi connectivity index (χ1) is 13.1. The van der Waals surface area contributed by atoms with Gasteiger partial charge in [-0.3, -0.25) is 0 Å². The highest BCUT2D eigenvalue weighted by Gasteiger charge is 2.35. The van der Waals surface area contributed by atoms with Crippen molar-refractivity contribution in [2.45, 2.75) is 44.6 Å². The number of nitrogens with zero attached hydrogens (tertiary/aromatic N) is 1. The first-order valence-corrected chi connectivity index (χ1v) is 12.1. The van der Waals surface area contributed by atoms with Crippen LogP contribution in [0.5, 0.6) is 0 Å². The summed E-state index contributed by atoms with van der Waals surface area (Å²) in [6.07, 6.45) is 6.69. The summed E-state index contributed by atoms with van der Waals surface area (Å²) >= 11 is 0. The van der Waals surface area contributed by atoms with Crippen LogP contribution in [0.3, 0.4) is 0 Å². The topological polar surface area (TPSA) is 50.8 Å². The van der Waals surface area contributed by atoms with Crippen molar-refractivity contribution in [3.63, 3.8) is 0 Å². The van der Waals surface area contributed by atoms with Crippen LogP contribution in [0.1, 0.15) is 32.8 Å². The Morgan fingerprint density at radius 3 is 2.50 bits per heavy atom. The highest BCUT2D eigenvalue weighted by Crippen LogP contribution is 2.55. The van der Waals surface area contributed by atoms with Crippen molar-refractivity contribution in [3.05, 3.63) is 48.6 Å². The summed E-state index contributed by atoms with van der Waals surface area (Å²) in [4.78, 5) is 13.4. The van der Waals surface area contributed by atoms with Crippen molar-refractivity contribution >= 4 is 16.4 Å². The van der Waals surface area contributed by atoms with Gasteiger partial charge in [0.2, 0.25) is 0 Å². The first kappa shape index (κ1) is 24.5. The van der Waals surface area contributed by atoms with Gasteiger partial charge in [-0.05, 0) is 31.5 Å². The van der Waals surface area contributed by atoms with Gasteiger partial charge in [-0.25, -0.2) is 4.79 Å². The van der Waals surface area contributed by atoms with Gasteiger partial charge >= 0.3 is 6.09 Å². The Bertz CT molecular complexity index is 600. The molecule has 1 N–H and O–H groups in total. The molecule has 160 valence electrons. The van der Waals surface area contributed by atoms with Crippen molar-refractivity contribution in [2.75, 3.05) is 39.3 Å². The maximum atomic E-state index is 11.7. The lowest BCUT2D eigenvalue weighted by Crippen LogP contribution is -2.33. The molecule has 1 aromatic carbocycles. The Balaban J connectivity index is 0.000000362. The minimum absolute atomic E-state index is 0.125. The minimum atomic E-state index is -1.14. The van der Waals surface area contributed by atoms with E-state index in [0.717, 1.165) is 13.0 Å². The normalized spacial score (nSPS) is 17.5. The van der Waals surface area contributed by atoms with Gasteiger partial charge in [-0.2, -0.15) is 0 Å². The highest BCUT2D eigenvalue weighted by molar-refractivity contribution is 8.29. The van der Waals surface area contributed by atoms with Gasteiger partial charge in [0.15, 0.2) is 0 Å². The molecule has 0 saturated carbocycles. The van der Waals surface area contributed by atoms with Crippen LogP contribution in [0.25, 0.3) is 0 Å². The van der Waals surface area contributed by atoms with E-state index in [9.17, 15) is 4.79 Å². The molecule has 6 heteroatoms. The third-order valence-corrected chi connectivity index (χ3v) is 8.51. The van der Waals surface area contributed by atoms with Crippen molar-refractivity contribution in [3.8, 4) is 0 Å². The number of rotatable bonds is 6. The predicted molar refractivity (Wildman–Crippen MR) is 121 cm³/mol. The van der Waals surface area contributed by atoms with E-state index in [2.05, 4.69) is 57.3 Å². The average Bonchev–Trinajstić information content (AvgIpc) is 3.08. The number of carbonyl (C=O) groups excluding carboxylic acids is 1. The second-order valence-electron chi connectivity index (χ2n) is 8.18. The van der Waals surface area contributed by atoms with Crippen LogP contribution >= 0.6 is 10.3 Å². The summed E-state index contributed by atoms with van der Waals surface area (Å²) in [6, 6.07) is 10.3. The molecular formula is C22H38N2O3S. The molecule has 1 atom stereocenters. The summed E-state index contributed by atoms with van der Waals surface area (Å²) in [5.41, 5.74) is 1.33. The summed E-state index contributed by atoms with van der Waals surface area (Å²) in [5.74, 6) is 0. The zero-order chi connectivity index (χ0) is 21.2. The van der Waals surface area contributed by atoms with Crippen LogP contribution in [0.4, 0.5) is 4.79 Å². The zero-order valence-corrected chi connectivity index (χ0v) is 19.2. The number of likely N-dealkylation sites (tertiary alicyclic amines) is 1. The summed E-state index contributed by atoms with van der Waals surface area (Å²) in [6.45, 7) is 12.7. The number of hydrogen-bond acceptors (Lipinski definition) is 4. The largest absolute Gasteiger partial charge is 0.445 e. The average molecular weight is 411 g/mol. The number of carbonyl (C=O) groups is 1. The van der Waals surface area contributed by atoms with Gasteiger partial charge in [-0.15, -0.1) is 10.3 Å². The second-order valence-corrected chi connectivity index (χ2v) is 12.1.